The van der Waals surface area contributed by atoms with E-state index in [1.54, 1.807) is 0 Å². The minimum Gasteiger partial charge on any atom is -0.311 e. The van der Waals surface area contributed by atoms with Gasteiger partial charge in [0.25, 0.3) is 0 Å². The first-order chi connectivity index (χ1) is 13.4. The maximum absolute atomic E-state index is 13.3. The van der Waals surface area contributed by atoms with Gasteiger partial charge in [-0.05, 0) is 43.4 Å². The molecule has 2 fully saturated rings. The largest absolute Gasteiger partial charge is 0.311 e. The fourth-order valence-electron chi connectivity index (χ4n) is 4.25. The molecule has 2 atom stereocenters. The lowest BCUT2D eigenvalue weighted by Crippen LogP contribution is -2.38. The minimum atomic E-state index is -2.47. The van der Waals surface area contributed by atoms with Crippen molar-refractivity contribution in [3.63, 3.8) is 0 Å². The van der Waals surface area contributed by atoms with Crippen LogP contribution in [0.1, 0.15) is 65.1 Å². The number of alkyl halides is 2. The summed E-state index contributed by atoms with van der Waals surface area (Å²) in [6.07, 6.45) is 2.62. The first kappa shape index (κ1) is 19.3. The Hall–Kier alpha value is -2.07. The highest BCUT2D eigenvalue weighted by molar-refractivity contribution is 5.97. The highest BCUT2D eigenvalue weighted by atomic mass is 19.3. The van der Waals surface area contributed by atoms with Gasteiger partial charge in [-0.3, -0.25) is 4.79 Å². The van der Waals surface area contributed by atoms with Crippen LogP contribution >= 0.6 is 0 Å². The van der Waals surface area contributed by atoms with E-state index in [4.69, 9.17) is 0 Å². The molecule has 0 amide bonds. The van der Waals surface area contributed by atoms with Gasteiger partial charge in [-0.1, -0.05) is 48.0 Å². The smallest absolute Gasteiger partial charge is 0.248 e. The molecule has 2 aliphatic carbocycles. The summed E-state index contributed by atoms with van der Waals surface area (Å²) in [4.78, 5) is 12.5. The maximum Gasteiger partial charge on any atom is 0.248 e. The molecule has 28 heavy (non-hydrogen) atoms. The maximum atomic E-state index is 13.3. The molecule has 2 aromatic rings. The van der Waals surface area contributed by atoms with Crippen LogP contribution < -0.4 is 5.32 Å². The van der Waals surface area contributed by atoms with E-state index in [1.165, 1.54) is 5.56 Å². The summed E-state index contributed by atoms with van der Waals surface area (Å²) in [6.45, 7) is 1.99. The van der Waals surface area contributed by atoms with Crippen LogP contribution in [-0.2, 0) is 6.42 Å². The van der Waals surface area contributed by atoms with Gasteiger partial charge in [0.05, 0.1) is 0 Å². The van der Waals surface area contributed by atoms with Crippen LogP contribution in [0.25, 0.3) is 0 Å². The average molecular weight is 383 g/mol. The Morgan fingerprint density at radius 2 is 1.82 bits per heavy atom. The number of benzene rings is 2. The first-order valence-electron chi connectivity index (χ1n) is 10.2. The molecule has 148 valence electrons. The second-order valence-corrected chi connectivity index (χ2v) is 8.46. The van der Waals surface area contributed by atoms with Gasteiger partial charge in [-0.25, -0.2) is 8.78 Å². The van der Waals surface area contributed by atoms with Crippen LogP contribution in [0.4, 0.5) is 8.78 Å². The quantitative estimate of drug-likeness (QED) is 0.673. The predicted molar refractivity (Wildman–Crippen MR) is 107 cm³/mol. The molecule has 0 bridgehead atoms. The number of carbonyl (C=O) groups is 1. The van der Waals surface area contributed by atoms with Crippen molar-refractivity contribution in [3.05, 3.63) is 70.8 Å². The zero-order valence-electron chi connectivity index (χ0n) is 16.3. The highest BCUT2D eigenvalue weighted by Crippen LogP contribution is 2.42. The predicted octanol–water partition coefficient (Wildman–Crippen LogP) is 5.44. The molecule has 0 aromatic heterocycles. The third-order valence-corrected chi connectivity index (χ3v) is 6.07. The highest BCUT2D eigenvalue weighted by Gasteiger charge is 2.42. The number of Topliss-reactive ketones (excluding diaryl/α,β-unsaturated/α-hetero) is 1. The van der Waals surface area contributed by atoms with Crippen LogP contribution in [0.3, 0.4) is 0 Å². The molecule has 2 aliphatic rings. The van der Waals surface area contributed by atoms with Gasteiger partial charge in [0.2, 0.25) is 5.92 Å². The zero-order valence-corrected chi connectivity index (χ0v) is 16.3. The summed E-state index contributed by atoms with van der Waals surface area (Å²) >= 11 is 0. The third kappa shape index (κ3) is 4.67. The van der Waals surface area contributed by atoms with Gasteiger partial charge < -0.3 is 5.32 Å². The molecule has 4 rings (SSSR count). The van der Waals surface area contributed by atoms with Crippen molar-refractivity contribution in [1.82, 2.24) is 5.32 Å². The third-order valence-electron chi connectivity index (χ3n) is 6.07. The summed E-state index contributed by atoms with van der Waals surface area (Å²) in [5.74, 6) is -1.87. The normalized spacial score (nSPS) is 24.1. The SMILES string of the molecule is Cc1cccc(C(=O)Cc2ccc(C3CC3NC3CCC(F)(F)CC3)cc2)c1. The molecule has 0 spiro atoms. The van der Waals surface area contributed by atoms with Crippen LogP contribution in [0.15, 0.2) is 48.5 Å². The molecule has 2 aromatic carbocycles. The summed E-state index contributed by atoms with van der Waals surface area (Å²) < 4.78 is 26.6. The number of halogens is 2. The molecule has 1 N–H and O–H groups in total. The summed E-state index contributed by atoms with van der Waals surface area (Å²) in [5, 5.41) is 3.57. The molecule has 0 aliphatic heterocycles. The van der Waals surface area contributed by atoms with E-state index < -0.39 is 5.92 Å². The molecule has 0 saturated heterocycles. The van der Waals surface area contributed by atoms with Gasteiger partial charge in [-0.2, -0.15) is 0 Å². The van der Waals surface area contributed by atoms with E-state index in [0.717, 1.165) is 23.1 Å². The first-order valence-corrected chi connectivity index (χ1v) is 10.2. The molecule has 0 heterocycles. The Morgan fingerprint density at radius 3 is 2.50 bits per heavy atom. The number of ketones is 1. The molecule has 2 nitrogen and oxygen atoms in total. The van der Waals surface area contributed by atoms with Gasteiger partial charge >= 0.3 is 0 Å². The van der Waals surface area contributed by atoms with E-state index in [0.29, 0.717) is 31.2 Å². The van der Waals surface area contributed by atoms with E-state index in [9.17, 15) is 13.6 Å². The Labute approximate surface area is 165 Å². The van der Waals surface area contributed by atoms with E-state index in [-0.39, 0.29) is 24.7 Å². The zero-order chi connectivity index (χ0) is 19.7. The molecule has 2 unspecified atom stereocenters. The van der Waals surface area contributed by atoms with Crippen molar-refractivity contribution in [1.29, 1.82) is 0 Å². The van der Waals surface area contributed by atoms with Crippen molar-refractivity contribution in [3.8, 4) is 0 Å². The number of hydrogen-bond donors (Lipinski definition) is 1. The van der Waals surface area contributed by atoms with Crippen LogP contribution in [-0.4, -0.2) is 23.8 Å². The van der Waals surface area contributed by atoms with Crippen molar-refractivity contribution >= 4 is 5.78 Å². The number of hydrogen-bond acceptors (Lipinski definition) is 2. The summed E-state index contributed by atoms with van der Waals surface area (Å²) in [7, 11) is 0. The van der Waals surface area contributed by atoms with Crippen molar-refractivity contribution in [2.45, 2.75) is 69.4 Å². The molecule has 2 saturated carbocycles. The van der Waals surface area contributed by atoms with Crippen molar-refractivity contribution < 1.29 is 13.6 Å². The lowest BCUT2D eigenvalue weighted by atomic mass is 9.92. The summed E-state index contributed by atoms with van der Waals surface area (Å²) in [5.41, 5.74) is 4.14. The second kappa shape index (κ2) is 7.75. The fourth-order valence-corrected chi connectivity index (χ4v) is 4.25. The Bertz CT molecular complexity index is 836. The average Bonchev–Trinajstić information content (AvgIpc) is 3.43. The topological polar surface area (TPSA) is 29.1 Å². The Kier molecular flexibility index (Phi) is 5.33. The van der Waals surface area contributed by atoms with E-state index in [1.807, 2.05) is 43.3 Å². The van der Waals surface area contributed by atoms with E-state index in [2.05, 4.69) is 17.4 Å². The number of rotatable bonds is 6. The number of carbonyl (C=O) groups excluding carboxylic acids is 1. The van der Waals surface area contributed by atoms with Gasteiger partial charge in [0.15, 0.2) is 5.78 Å². The number of nitrogens with one attached hydrogen (secondary N) is 1. The van der Waals surface area contributed by atoms with Crippen LogP contribution in [0.5, 0.6) is 0 Å². The second-order valence-electron chi connectivity index (χ2n) is 8.46. The molecule has 4 heteroatoms. The van der Waals surface area contributed by atoms with Crippen molar-refractivity contribution in [2.75, 3.05) is 0 Å². The Balaban J connectivity index is 1.29. The molecule has 0 radical (unpaired) electrons. The van der Waals surface area contributed by atoms with Crippen LogP contribution in [0.2, 0.25) is 0 Å². The van der Waals surface area contributed by atoms with Gasteiger partial charge in [0, 0.05) is 42.8 Å². The monoisotopic (exact) mass is 383 g/mol. The van der Waals surface area contributed by atoms with Gasteiger partial charge in [-0.15, -0.1) is 0 Å². The summed E-state index contributed by atoms with van der Waals surface area (Å²) in [6, 6.07) is 16.6. The van der Waals surface area contributed by atoms with E-state index >= 15 is 0 Å². The molecular formula is C24H27F2NO. The lowest BCUT2D eigenvalue weighted by molar-refractivity contribution is -0.0405. The van der Waals surface area contributed by atoms with Gasteiger partial charge in [0.1, 0.15) is 0 Å². The standard InChI is InChI=1S/C24H27F2NO/c1-16-3-2-4-19(13-16)23(28)14-17-5-7-18(8-6-17)21-15-22(21)27-20-9-11-24(25,26)12-10-20/h2-8,13,20-22,27H,9-12,14-15H2,1H3. The van der Waals surface area contributed by atoms with Crippen LogP contribution in [0, 0.1) is 6.92 Å². The number of aryl methyl sites for hydroxylation is 1. The minimum absolute atomic E-state index is 0.00567. The fraction of sp³-hybridized carbons (Fsp3) is 0.458. The molecular weight excluding hydrogens is 356 g/mol. The Morgan fingerprint density at radius 1 is 1.11 bits per heavy atom. The van der Waals surface area contributed by atoms with Crippen molar-refractivity contribution in [2.24, 2.45) is 0 Å². The lowest BCUT2D eigenvalue weighted by Gasteiger charge is -2.29.